The van der Waals surface area contributed by atoms with E-state index in [0.29, 0.717) is 55.2 Å². The van der Waals surface area contributed by atoms with Gasteiger partial charge in [-0.3, -0.25) is 14.6 Å². The number of piperazine rings is 1. The minimum Gasteiger partial charge on any atom is -0.492 e. The van der Waals surface area contributed by atoms with Crippen molar-refractivity contribution in [2.75, 3.05) is 43.4 Å². The van der Waals surface area contributed by atoms with Crippen LogP contribution in [0, 0.1) is 11.8 Å². The van der Waals surface area contributed by atoms with Crippen molar-refractivity contribution < 1.29 is 35.9 Å². The van der Waals surface area contributed by atoms with Crippen LogP contribution in [0.2, 0.25) is 0 Å². The average molecular weight is 615 g/mol. The van der Waals surface area contributed by atoms with Gasteiger partial charge in [-0.15, -0.1) is 0 Å². The normalized spacial score (nSPS) is 13.6. The van der Waals surface area contributed by atoms with Gasteiger partial charge in [0.05, 0.1) is 30.5 Å². The molecule has 0 aliphatic carbocycles. The number of pyridine rings is 1. The van der Waals surface area contributed by atoms with Crippen molar-refractivity contribution in [2.45, 2.75) is 19.5 Å². The largest absolute Gasteiger partial charge is 0.492 e. The van der Waals surface area contributed by atoms with E-state index < -0.39 is 34.3 Å². The number of ether oxygens (including phenoxy) is 1. The third-order valence-electron chi connectivity index (χ3n) is 6.49. The summed E-state index contributed by atoms with van der Waals surface area (Å²) in [6.45, 7) is 4.26. The monoisotopic (exact) mass is 614 g/mol. The van der Waals surface area contributed by atoms with E-state index in [1.165, 1.54) is 12.1 Å². The number of hydrogen-bond acceptors (Lipinski definition) is 7. The maximum Gasteiger partial charge on any atom is 0.390 e. The number of benzene rings is 2. The number of halogens is 3. The molecular weight excluding hydrogens is 585 g/mol. The minimum absolute atomic E-state index is 0.00809. The lowest BCUT2D eigenvalue weighted by atomic mass is 10.1. The maximum absolute atomic E-state index is 13.4. The highest BCUT2D eigenvalue weighted by Gasteiger charge is 2.30. The molecule has 2 amide bonds. The van der Waals surface area contributed by atoms with Gasteiger partial charge in [-0.1, -0.05) is 24.0 Å². The molecule has 2 aromatic carbocycles. The highest BCUT2D eigenvalue weighted by Crippen LogP contribution is 2.21. The van der Waals surface area contributed by atoms with Gasteiger partial charge in [-0.2, -0.15) is 13.2 Å². The van der Waals surface area contributed by atoms with Gasteiger partial charge in [-0.25, -0.2) is 13.1 Å². The van der Waals surface area contributed by atoms with E-state index in [-0.39, 0.29) is 11.5 Å². The Morgan fingerprint density at radius 1 is 1.00 bits per heavy atom. The number of aromatic nitrogens is 1. The number of rotatable bonds is 8. The number of carbonyl (C=O) groups is 2. The smallest absolute Gasteiger partial charge is 0.390 e. The fourth-order valence-corrected chi connectivity index (χ4v) is 5.32. The van der Waals surface area contributed by atoms with E-state index in [1.807, 2.05) is 17.9 Å². The molecule has 0 bridgehead atoms. The molecule has 43 heavy (non-hydrogen) atoms. The first-order valence-corrected chi connectivity index (χ1v) is 15.0. The summed E-state index contributed by atoms with van der Waals surface area (Å²) in [5, 5.41) is 0. The van der Waals surface area contributed by atoms with Gasteiger partial charge in [0.25, 0.3) is 11.8 Å². The van der Waals surface area contributed by atoms with Crippen LogP contribution in [-0.4, -0.2) is 74.8 Å². The summed E-state index contributed by atoms with van der Waals surface area (Å²) in [6, 6.07) is 14.9. The quantitative estimate of drug-likeness (QED) is 0.384. The highest BCUT2D eigenvalue weighted by molar-refractivity contribution is 7.90. The van der Waals surface area contributed by atoms with Gasteiger partial charge >= 0.3 is 6.18 Å². The Hall–Kier alpha value is -4.57. The van der Waals surface area contributed by atoms with Crippen LogP contribution in [-0.2, 0) is 10.0 Å². The summed E-state index contributed by atoms with van der Waals surface area (Å²) in [5.74, 6) is 4.34. The molecule has 1 N–H and O–H groups in total. The Labute approximate surface area is 247 Å². The number of sulfonamides is 1. The zero-order valence-corrected chi connectivity index (χ0v) is 24.0. The minimum atomic E-state index is -4.65. The lowest BCUT2D eigenvalue weighted by Crippen LogP contribution is -2.49. The summed E-state index contributed by atoms with van der Waals surface area (Å²) >= 11 is 0. The predicted molar refractivity (Wildman–Crippen MR) is 154 cm³/mol. The molecule has 0 atom stereocenters. The van der Waals surface area contributed by atoms with Crippen molar-refractivity contribution >= 4 is 27.5 Å². The van der Waals surface area contributed by atoms with Gasteiger partial charge in [-0.05, 0) is 49.4 Å². The van der Waals surface area contributed by atoms with Gasteiger partial charge in [0.15, 0.2) is 0 Å². The van der Waals surface area contributed by atoms with Crippen LogP contribution in [0.15, 0.2) is 67.0 Å². The molecule has 0 saturated carbocycles. The number of carbonyl (C=O) groups excluding carboxylic acids is 2. The van der Waals surface area contributed by atoms with Gasteiger partial charge in [0.1, 0.15) is 5.75 Å². The zero-order valence-electron chi connectivity index (χ0n) is 23.2. The molecule has 4 rings (SSSR count). The highest BCUT2D eigenvalue weighted by atomic mass is 32.2. The molecule has 0 unspecified atom stereocenters. The summed E-state index contributed by atoms with van der Waals surface area (Å²) in [7, 11) is -4.44. The molecule has 3 aromatic rings. The topological polar surface area (TPSA) is 109 Å². The molecule has 0 radical (unpaired) electrons. The Bertz CT molecular complexity index is 1630. The number of nitrogens with zero attached hydrogens (tertiary/aromatic N) is 3. The first kappa shape index (κ1) is 31.4. The van der Waals surface area contributed by atoms with E-state index in [9.17, 15) is 31.2 Å². The van der Waals surface area contributed by atoms with Crippen molar-refractivity contribution in [1.29, 1.82) is 0 Å². The number of alkyl halides is 3. The molecule has 13 heteroatoms. The lowest BCUT2D eigenvalue weighted by molar-refractivity contribution is -0.130. The van der Waals surface area contributed by atoms with Gasteiger partial charge < -0.3 is 14.5 Å². The summed E-state index contributed by atoms with van der Waals surface area (Å²) in [4.78, 5) is 33.6. The SMILES string of the molecule is CCOc1cncc(C#Cc2ccccc2C(=O)N2CCN(c3ccc(C(=O)NS(=O)(=O)CCC(F)(F)F)cc3)CC2)c1. The Kier molecular flexibility index (Phi) is 9.92. The second-order valence-electron chi connectivity index (χ2n) is 9.58. The number of hydrogen-bond donors (Lipinski definition) is 1. The maximum atomic E-state index is 13.4. The van der Waals surface area contributed by atoms with Crippen LogP contribution in [0.3, 0.4) is 0 Å². The van der Waals surface area contributed by atoms with Crippen LogP contribution in [0.4, 0.5) is 18.9 Å². The third kappa shape index (κ3) is 8.96. The first-order valence-electron chi connectivity index (χ1n) is 13.4. The third-order valence-corrected chi connectivity index (χ3v) is 7.73. The van der Waals surface area contributed by atoms with Crippen LogP contribution in [0.1, 0.15) is 45.2 Å². The Balaban J connectivity index is 1.36. The van der Waals surface area contributed by atoms with Crippen molar-refractivity contribution in [2.24, 2.45) is 0 Å². The lowest BCUT2D eigenvalue weighted by Gasteiger charge is -2.36. The zero-order chi connectivity index (χ0) is 31.0. The van der Waals surface area contributed by atoms with E-state index >= 15 is 0 Å². The van der Waals surface area contributed by atoms with Crippen molar-refractivity contribution in [3.8, 4) is 17.6 Å². The molecule has 1 fully saturated rings. The number of anilines is 1. The molecule has 2 heterocycles. The van der Waals surface area contributed by atoms with Crippen LogP contribution >= 0.6 is 0 Å². The summed E-state index contributed by atoms with van der Waals surface area (Å²) < 4.78 is 67.8. The van der Waals surface area contributed by atoms with Crippen LogP contribution < -0.4 is 14.4 Å². The van der Waals surface area contributed by atoms with Gasteiger partial charge in [0, 0.05) is 54.8 Å². The number of amides is 2. The molecule has 9 nitrogen and oxygen atoms in total. The first-order chi connectivity index (χ1) is 20.4. The Morgan fingerprint density at radius 3 is 2.37 bits per heavy atom. The molecule has 0 spiro atoms. The van der Waals surface area contributed by atoms with Crippen molar-refractivity contribution in [3.63, 3.8) is 0 Å². The molecule has 226 valence electrons. The summed E-state index contributed by atoms with van der Waals surface area (Å²) in [5.41, 5.74) is 2.47. The van der Waals surface area contributed by atoms with E-state index in [4.69, 9.17) is 4.74 Å². The number of nitrogens with one attached hydrogen (secondary N) is 1. The van der Waals surface area contributed by atoms with Crippen molar-refractivity contribution in [1.82, 2.24) is 14.6 Å². The molecule has 1 aromatic heterocycles. The van der Waals surface area contributed by atoms with Crippen molar-refractivity contribution in [3.05, 3.63) is 89.2 Å². The summed E-state index contributed by atoms with van der Waals surface area (Å²) in [6.07, 6.45) is -2.97. The van der Waals surface area contributed by atoms with E-state index in [2.05, 4.69) is 16.8 Å². The average Bonchev–Trinajstić information content (AvgIpc) is 2.99. The molecule has 1 saturated heterocycles. The van der Waals surface area contributed by atoms with Crippen LogP contribution in [0.5, 0.6) is 5.75 Å². The second-order valence-corrected chi connectivity index (χ2v) is 11.4. The van der Waals surface area contributed by atoms with E-state index in [0.717, 1.165) is 5.69 Å². The van der Waals surface area contributed by atoms with Gasteiger partial charge in [0.2, 0.25) is 10.0 Å². The fourth-order valence-electron chi connectivity index (χ4n) is 4.31. The predicted octanol–water partition coefficient (Wildman–Crippen LogP) is 3.85. The molecule has 1 aliphatic rings. The second kappa shape index (κ2) is 13.6. The molecule has 1 aliphatic heterocycles. The Morgan fingerprint density at radius 2 is 1.70 bits per heavy atom. The van der Waals surface area contributed by atoms with Crippen LogP contribution in [0.25, 0.3) is 0 Å². The fraction of sp³-hybridized carbons (Fsp3) is 0.300. The van der Waals surface area contributed by atoms with E-state index in [1.54, 1.807) is 58.4 Å². The standard InChI is InChI=1S/C30H29F3N4O5S/c1-2-42-26-19-22(20-34-21-26)7-8-23-5-3-4-6-27(23)29(39)37-16-14-36(15-17-37)25-11-9-24(10-12-25)28(38)35-43(40,41)18-13-30(31,32)33/h3-6,9-12,19-21H,2,13-18H2,1H3,(H,35,38). The molecular formula is C30H29F3N4O5S.